The summed E-state index contributed by atoms with van der Waals surface area (Å²) < 4.78 is 0. The fraction of sp³-hybridized carbons (Fsp3) is 0.478. The van der Waals surface area contributed by atoms with E-state index < -0.39 is 0 Å². The number of hydrogen-bond donors (Lipinski definition) is 2. The minimum Gasteiger partial charge on any atom is -0.383 e. The van der Waals surface area contributed by atoms with Gasteiger partial charge in [-0.05, 0) is 55.0 Å². The van der Waals surface area contributed by atoms with Gasteiger partial charge in [0.25, 0.3) is 0 Å². The second kappa shape index (κ2) is 11.9. The van der Waals surface area contributed by atoms with E-state index in [0.29, 0.717) is 5.84 Å². The lowest BCUT2D eigenvalue weighted by Crippen LogP contribution is -2.52. The number of anilines is 1. The van der Waals surface area contributed by atoms with Crippen molar-refractivity contribution in [3.8, 4) is 0 Å². The second-order valence-electron chi connectivity index (χ2n) is 8.02. The number of amides is 2. The van der Waals surface area contributed by atoms with Gasteiger partial charge in [-0.3, -0.25) is 0 Å². The van der Waals surface area contributed by atoms with Crippen LogP contribution in [0.4, 0.5) is 16.2 Å². The van der Waals surface area contributed by atoms with Crippen LogP contribution in [0.15, 0.2) is 46.8 Å². The molecule has 9 heteroatoms. The third kappa shape index (κ3) is 6.59. The lowest BCUT2D eigenvalue weighted by atomic mass is 10.1. The predicted molar refractivity (Wildman–Crippen MR) is 141 cm³/mol. The first-order chi connectivity index (χ1) is 15.7. The molecule has 2 amide bonds. The van der Waals surface area contributed by atoms with E-state index in [4.69, 9.17) is 5.73 Å². The van der Waals surface area contributed by atoms with E-state index in [1.165, 1.54) is 25.0 Å². The maximum atomic E-state index is 12.5. The molecule has 2 aromatic rings. The molecule has 0 spiro atoms. The number of carbonyl (C=O) groups is 1. The van der Waals surface area contributed by atoms with Crippen LogP contribution in [0.25, 0.3) is 0 Å². The lowest BCUT2D eigenvalue weighted by Gasteiger charge is -2.36. The summed E-state index contributed by atoms with van der Waals surface area (Å²) in [5, 5.41) is 5.92. The van der Waals surface area contributed by atoms with E-state index >= 15 is 0 Å². The molecule has 6 nitrogen and oxygen atoms in total. The first-order valence-electron chi connectivity index (χ1n) is 11.2. The predicted octanol–water partition coefficient (Wildman–Crippen LogP) is 4.94. The average Bonchev–Trinajstić information content (AvgIpc) is 3.54. The lowest BCUT2D eigenvalue weighted by molar-refractivity contribution is 0.194. The van der Waals surface area contributed by atoms with Crippen LogP contribution in [0, 0.1) is 0 Å². The molecule has 3 N–H and O–H groups in total. The van der Waals surface area contributed by atoms with Crippen molar-refractivity contribution in [3.05, 3.63) is 46.7 Å². The number of rotatable bonds is 8. The van der Waals surface area contributed by atoms with Crippen LogP contribution in [0.1, 0.15) is 30.6 Å². The van der Waals surface area contributed by atoms with Gasteiger partial charge < -0.3 is 20.9 Å². The monoisotopic (exact) mass is 489 g/mol. The van der Waals surface area contributed by atoms with Crippen LogP contribution in [0.5, 0.6) is 0 Å². The number of carbonyl (C=O) groups excluding carboxylic acids is 1. The standard InChI is InChI=1S/C23H31N5OS3/c24-22(21-5-3-16-30-21)26-18-6-8-19(9-7-18)27-12-14-28(15-13-27)23(29)25-11-2-1-4-20-10-17-31-32-20/h3,5-9,16,20H,1-2,4,10-15,17H2,(H2,24,26)(H,25,29). The summed E-state index contributed by atoms with van der Waals surface area (Å²) in [6.07, 6.45) is 4.88. The average molecular weight is 490 g/mol. The Morgan fingerprint density at radius 3 is 2.62 bits per heavy atom. The van der Waals surface area contributed by atoms with Gasteiger partial charge in [-0.1, -0.05) is 34.1 Å². The molecule has 172 valence electrons. The molecule has 2 fully saturated rings. The summed E-state index contributed by atoms with van der Waals surface area (Å²) in [6.45, 7) is 3.94. The fourth-order valence-corrected chi connectivity index (χ4v) is 7.55. The summed E-state index contributed by atoms with van der Waals surface area (Å²) in [7, 11) is 4.03. The summed E-state index contributed by atoms with van der Waals surface area (Å²) in [5.74, 6) is 1.84. The van der Waals surface area contributed by atoms with Crippen molar-refractivity contribution in [1.82, 2.24) is 10.2 Å². The highest BCUT2D eigenvalue weighted by Crippen LogP contribution is 2.39. The van der Waals surface area contributed by atoms with E-state index in [2.05, 4.69) is 27.3 Å². The molecule has 2 aliphatic rings. The molecule has 1 unspecified atom stereocenters. The Hall–Kier alpha value is -1.84. The molecule has 2 aliphatic heterocycles. The van der Waals surface area contributed by atoms with E-state index in [1.807, 2.05) is 56.1 Å². The number of benzene rings is 1. The van der Waals surface area contributed by atoms with Crippen molar-refractivity contribution in [2.75, 3.05) is 43.4 Å². The molecule has 1 aromatic heterocycles. The molecule has 0 saturated carbocycles. The zero-order valence-corrected chi connectivity index (χ0v) is 20.7. The fourth-order valence-electron chi connectivity index (χ4n) is 3.89. The minimum absolute atomic E-state index is 0.0733. The highest BCUT2D eigenvalue weighted by Gasteiger charge is 2.21. The zero-order chi connectivity index (χ0) is 22.2. The van der Waals surface area contributed by atoms with Crippen molar-refractivity contribution >= 4 is 56.2 Å². The van der Waals surface area contributed by atoms with Gasteiger partial charge in [0.05, 0.1) is 10.6 Å². The van der Waals surface area contributed by atoms with Crippen molar-refractivity contribution in [2.24, 2.45) is 10.7 Å². The Morgan fingerprint density at radius 1 is 1.12 bits per heavy atom. The molecule has 4 rings (SSSR count). The molecule has 1 aromatic carbocycles. The number of nitrogens with two attached hydrogens (primary N) is 1. The van der Waals surface area contributed by atoms with E-state index in [1.54, 1.807) is 11.3 Å². The largest absolute Gasteiger partial charge is 0.383 e. The zero-order valence-electron chi connectivity index (χ0n) is 18.2. The number of hydrogen-bond acceptors (Lipinski definition) is 6. The number of unbranched alkanes of at least 4 members (excludes halogenated alkanes) is 1. The smallest absolute Gasteiger partial charge is 0.317 e. The maximum Gasteiger partial charge on any atom is 0.317 e. The Labute approximate surface area is 202 Å². The van der Waals surface area contributed by atoms with E-state index in [0.717, 1.165) is 60.6 Å². The summed E-state index contributed by atoms with van der Waals surface area (Å²) in [6, 6.07) is 12.2. The van der Waals surface area contributed by atoms with Crippen LogP contribution in [0.3, 0.4) is 0 Å². The number of piperazine rings is 1. The Kier molecular flexibility index (Phi) is 8.64. The Bertz CT molecular complexity index is 874. The summed E-state index contributed by atoms with van der Waals surface area (Å²) in [4.78, 5) is 22.2. The van der Waals surface area contributed by atoms with Gasteiger partial charge in [-0.2, -0.15) is 0 Å². The van der Waals surface area contributed by atoms with Crippen molar-refractivity contribution in [2.45, 2.75) is 30.9 Å². The third-order valence-corrected chi connectivity index (χ3v) is 9.66. The summed E-state index contributed by atoms with van der Waals surface area (Å²) in [5.41, 5.74) is 8.08. The Morgan fingerprint density at radius 2 is 1.94 bits per heavy atom. The number of nitrogens with one attached hydrogen (secondary N) is 1. The molecule has 0 bridgehead atoms. The first-order valence-corrected chi connectivity index (χ1v) is 14.5. The van der Waals surface area contributed by atoms with Gasteiger partial charge in [0.1, 0.15) is 5.84 Å². The van der Waals surface area contributed by atoms with Crippen LogP contribution in [-0.2, 0) is 0 Å². The number of aliphatic imine (C=N–C) groups is 1. The van der Waals surface area contributed by atoms with E-state index in [-0.39, 0.29) is 6.03 Å². The van der Waals surface area contributed by atoms with Gasteiger partial charge in [-0.15, -0.1) is 11.3 Å². The molecule has 3 heterocycles. The van der Waals surface area contributed by atoms with Crippen LogP contribution in [-0.4, -0.2) is 60.5 Å². The topological polar surface area (TPSA) is 74.0 Å². The number of thiophene rings is 1. The van der Waals surface area contributed by atoms with Gasteiger partial charge >= 0.3 is 6.03 Å². The molecule has 32 heavy (non-hydrogen) atoms. The van der Waals surface area contributed by atoms with Gasteiger partial charge in [0.15, 0.2) is 0 Å². The molecule has 0 radical (unpaired) electrons. The maximum absolute atomic E-state index is 12.5. The second-order valence-corrected chi connectivity index (χ2v) is 11.8. The first kappa shape index (κ1) is 23.3. The van der Waals surface area contributed by atoms with Gasteiger partial charge in [0.2, 0.25) is 0 Å². The number of amidine groups is 1. The number of nitrogens with zero attached hydrogens (tertiary/aromatic N) is 3. The van der Waals surface area contributed by atoms with Crippen LogP contribution in [0.2, 0.25) is 0 Å². The molecule has 0 aliphatic carbocycles. The summed E-state index contributed by atoms with van der Waals surface area (Å²) >= 11 is 1.59. The SMILES string of the molecule is NC(=Nc1ccc(N2CCN(C(=O)NCCCCC3CCSS3)CC2)cc1)c1cccs1. The van der Waals surface area contributed by atoms with Crippen molar-refractivity contribution in [1.29, 1.82) is 0 Å². The molecular weight excluding hydrogens is 458 g/mol. The normalized spacial score (nSPS) is 19.4. The molecular formula is C23H31N5OS3. The molecule has 1 atom stereocenters. The van der Waals surface area contributed by atoms with Gasteiger partial charge in [-0.25, -0.2) is 9.79 Å². The van der Waals surface area contributed by atoms with Crippen molar-refractivity contribution < 1.29 is 4.79 Å². The van der Waals surface area contributed by atoms with Crippen LogP contribution >= 0.6 is 32.9 Å². The minimum atomic E-state index is 0.0733. The highest BCUT2D eigenvalue weighted by atomic mass is 33.1. The third-order valence-electron chi connectivity index (χ3n) is 5.76. The number of urea groups is 1. The van der Waals surface area contributed by atoms with Crippen molar-refractivity contribution in [3.63, 3.8) is 0 Å². The molecule has 2 saturated heterocycles. The highest BCUT2D eigenvalue weighted by molar-refractivity contribution is 8.77. The Balaban J connectivity index is 1.17. The van der Waals surface area contributed by atoms with Gasteiger partial charge in [0, 0.05) is 49.4 Å². The van der Waals surface area contributed by atoms with Crippen LogP contribution < -0.4 is 16.0 Å². The van der Waals surface area contributed by atoms with E-state index in [9.17, 15) is 4.79 Å². The quantitative estimate of drug-likeness (QED) is 0.238.